The van der Waals surface area contributed by atoms with Gasteiger partial charge in [0.2, 0.25) is 0 Å². The number of aliphatic hydroxyl groups is 1. The molecule has 4 heteroatoms. The maximum atomic E-state index is 10.1. The summed E-state index contributed by atoms with van der Waals surface area (Å²) in [6, 6.07) is 5.71. The van der Waals surface area contributed by atoms with Crippen molar-refractivity contribution in [1.82, 2.24) is 0 Å². The Labute approximate surface area is 96.8 Å². The molecule has 1 unspecified atom stereocenters. The lowest BCUT2D eigenvalue weighted by atomic mass is 9.81. The maximum absolute atomic E-state index is 10.1. The number of hydrogen-bond acceptors (Lipinski definition) is 3. The van der Waals surface area contributed by atoms with Crippen LogP contribution in [-0.4, -0.2) is 5.11 Å². The molecule has 1 fully saturated rings. The highest BCUT2D eigenvalue weighted by molar-refractivity contribution is 9.10. The van der Waals surface area contributed by atoms with Gasteiger partial charge in [0.15, 0.2) is 4.67 Å². The summed E-state index contributed by atoms with van der Waals surface area (Å²) in [7, 11) is 0. The third kappa shape index (κ3) is 1.82. The third-order valence-corrected chi connectivity index (χ3v) is 3.53. The van der Waals surface area contributed by atoms with Crippen molar-refractivity contribution in [1.29, 1.82) is 5.26 Å². The normalized spacial score (nSPS) is 21.1. The van der Waals surface area contributed by atoms with E-state index in [4.69, 9.17) is 4.42 Å². The number of nitriles is 1. The minimum atomic E-state index is -0.809. The van der Waals surface area contributed by atoms with Gasteiger partial charge in [-0.3, -0.25) is 0 Å². The summed E-state index contributed by atoms with van der Waals surface area (Å²) in [6.45, 7) is 0. The lowest BCUT2D eigenvalue weighted by molar-refractivity contribution is 0.0469. The fraction of sp³-hybridized carbons (Fsp3) is 0.545. The van der Waals surface area contributed by atoms with Gasteiger partial charge < -0.3 is 9.52 Å². The minimum absolute atomic E-state index is 0.477. The molecule has 0 radical (unpaired) electrons. The van der Waals surface area contributed by atoms with E-state index in [0.29, 0.717) is 10.4 Å². The van der Waals surface area contributed by atoms with Gasteiger partial charge >= 0.3 is 0 Å². The first-order valence-corrected chi connectivity index (χ1v) is 5.82. The number of halogens is 1. The zero-order valence-electron chi connectivity index (χ0n) is 8.24. The molecule has 80 valence electrons. The highest BCUT2D eigenvalue weighted by atomic mass is 79.9. The molecule has 3 nitrogen and oxygen atoms in total. The van der Waals surface area contributed by atoms with Crippen LogP contribution in [0.1, 0.15) is 37.5 Å². The van der Waals surface area contributed by atoms with E-state index in [2.05, 4.69) is 22.0 Å². The van der Waals surface area contributed by atoms with Crippen molar-refractivity contribution in [3.05, 3.63) is 22.6 Å². The molecule has 0 aliphatic heterocycles. The number of aliphatic hydroxyl groups excluding tert-OH is 1. The van der Waals surface area contributed by atoms with E-state index in [9.17, 15) is 10.4 Å². The lowest BCUT2D eigenvalue weighted by Gasteiger charge is -2.24. The molecular weight excluding hydrogens is 258 g/mol. The largest absolute Gasteiger partial charge is 0.452 e. The first-order valence-electron chi connectivity index (χ1n) is 5.02. The third-order valence-electron chi connectivity index (χ3n) is 3.11. The molecule has 1 aromatic rings. The predicted molar refractivity (Wildman–Crippen MR) is 57.9 cm³/mol. The lowest BCUT2D eigenvalue weighted by Crippen LogP contribution is -2.23. The summed E-state index contributed by atoms with van der Waals surface area (Å²) in [4.78, 5) is 0. The predicted octanol–water partition coefficient (Wildman–Crippen LogP) is 3.16. The summed E-state index contributed by atoms with van der Waals surface area (Å²) in [5.41, 5.74) is -0.642. The van der Waals surface area contributed by atoms with Crippen molar-refractivity contribution in [2.24, 2.45) is 5.41 Å². The Morgan fingerprint density at radius 3 is 2.60 bits per heavy atom. The Hall–Kier alpha value is -0.790. The molecule has 0 spiro atoms. The van der Waals surface area contributed by atoms with Crippen molar-refractivity contribution < 1.29 is 9.52 Å². The zero-order valence-corrected chi connectivity index (χ0v) is 9.83. The van der Waals surface area contributed by atoms with Gasteiger partial charge in [-0.1, -0.05) is 12.8 Å². The number of rotatable bonds is 2. The Morgan fingerprint density at radius 2 is 2.13 bits per heavy atom. The average Bonchev–Trinajstić information content (AvgIpc) is 2.86. The van der Waals surface area contributed by atoms with E-state index in [1.165, 1.54) is 0 Å². The first kappa shape index (κ1) is 10.7. The Kier molecular flexibility index (Phi) is 2.85. The van der Waals surface area contributed by atoms with Crippen LogP contribution in [0, 0.1) is 16.7 Å². The van der Waals surface area contributed by atoms with E-state index in [-0.39, 0.29) is 0 Å². The van der Waals surface area contributed by atoms with Gasteiger partial charge in [0, 0.05) is 0 Å². The molecule has 1 aliphatic carbocycles. The first-order chi connectivity index (χ1) is 7.18. The van der Waals surface area contributed by atoms with E-state index < -0.39 is 11.5 Å². The summed E-state index contributed by atoms with van der Waals surface area (Å²) in [6.07, 6.45) is 2.71. The smallest absolute Gasteiger partial charge is 0.169 e. The van der Waals surface area contributed by atoms with Crippen LogP contribution in [0.3, 0.4) is 0 Å². The van der Waals surface area contributed by atoms with Crippen molar-refractivity contribution >= 4 is 15.9 Å². The van der Waals surface area contributed by atoms with Crippen LogP contribution in [0.5, 0.6) is 0 Å². The van der Waals surface area contributed by atoms with Crippen LogP contribution in [0.15, 0.2) is 21.2 Å². The molecule has 1 saturated carbocycles. The van der Waals surface area contributed by atoms with Crippen molar-refractivity contribution in [2.75, 3.05) is 0 Å². The standard InChI is InChI=1S/C11H12BrNO2/c12-9-4-3-8(15-9)10(14)11(7-13)5-1-2-6-11/h3-4,10,14H,1-2,5-6H2. The molecular formula is C11H12BrNO2. The van der Waals surface area contributed by atoms with Crippen LogP contribution in [-0.2, 0) is 0 Å². The van der Waals surface area contributed by atoms with Gasteiger partial charge in [0.05, 0.1) is 11.5 Å². The van der Waals surface area contributed by atoms with Gasteiger partial charge in [-0.2, -0.15) is 5.26 Å². The highest BCUT2D eigenvalue weighted by Crippen LogP contribution is 2.47. The summed E-state index contributed by atoms with van der Waals surface area (Å²) >= 11 is 3.19. The molecule has 2 rings (SSSR count). The Balaban J connectivity index is 2.26. The topological polar surface area (TPSA) is 57.2 Å². The van der Waals surface area contributed by atoms with Gasteiger partial charge in [0.1, 0.15) is 11.9 Å². The van der Waals surface area contributed by atoms with Gasteiger partial charge in [-0.25, -0.2) is 0 Å². The van der Waals surface area contributed by atoms with Crippen LogP contribution in [0.4, 0.5) is 0 Å². The molecule has 0 aromatic carbocycles. The average molecular weight is 270 g/mol. The van der Waals surface area contributed by atoms with Crippen LogP contribution >= 0.6 is 15.9 Å². The fourth-order valence-corrected chi connectivity index (χ4v) is 2.52. The number of furan rings is 1. The SMILES string of the molecule is N#CC1(C(O)c2ccc(Br)o2)CCCC1. The second kappa shape index (κ2) is 3.99. The summed E-state index contributed by atoms with van der Waals surface area (Å²) in [5.74, 6) is 0.477. The maximum Gasteiger partial charge on any atom is 0.169 e. The van der Waals surface area contributed by atoms with Gasteiger partial charge in [0.25, 0.3) is 0 Å². The van der Waals surface area contributed by atoms with Crippen molar-refractivity contribution in [3.63, 3.8) is 0 Å². The molecule has 0 bridgehead atoms. The molecule has 1 aromatic heterocycles. The quantitative estimate of drug-likeness (QED) is 0.897. The Morgan fingerprint density at radius 1 is 1.47 bits per heavy atom. The van der Waals surface area contributed by atoms with Gasteiger partial charge in [-0.15, -0.1) is 0 Å². The highest BCUT2D eigenvalue weighted by Gasteiger charge is 2.43. The molecule has 0 saturated heterocycles. The molecule has 1 aliphatic rings. The fourth-order valence-electron chi connectivity index (χ4n) is 2.20. The number of nitrogens with zero attached hydrogens (tertiary/aromatic N) is 1. The van der Waals surface area contributed by atoms with Crippen molar-refractivity contribution in [3.8, 4) is 6.07 Å². The summed E-state index contributed by atoms with van der Waals surface area (Å²) < 4.78 is 5.89. The van der Waals surface area contributed by atoms with Crippen molar-refractivity contribution in [2.45, 2.75) is 31.8 Å². The van der Waals surface area contributed by atoms with E-state index in [0.717, 1.165) is 25.7 Å². The molecule has 15 heavy (non-hydrogen) atoms. The van der Waals surface area contributed by atoms with Crippen LogP contribution < -0.4 is 0 Å². The summed E-state index contributed by atoms with van der Waals surface area (Å²) in [5, 5.41) is 19.3. The number of hydrogen-bond donors (Lipinski definition) is 1. The molecule has 0 amide bonds. The van der Waals surface area contributed by atoms with Crippen LogP contribution in [0.25, 0.3) is 0 Å². The minimum Gasteiger partial charge on any atom is -0.452 e. The second-order valence-corrected chi connectivity index (χ2v) is 4.80. The molecule has 1 atom stereocenters. The van der Waals surface area contributed by atoms with Crippen LogP contribution in [0.2, 0.25) is 0 Å². The van der Waals surface area contributed by atoms with Gasteiger partial charge in [-0.05, 0) is 40.9 Å². The second-order valence-electron chi connectivity index (χ2n) is 4.02. The molecule has 1 heterocycles. The monoisotopic (exact) mass is 269 g/mol. The van der Waals surface area contributed by atoms with E-state index in [1.807, 2.05) is 0 Å². The van der Waals surface area contributed by atoms with E-state index >= 15 is 0 Å². The molecule has 1 N–H and O–H groups in total. The van der Waals surface area contributed by atoms with E-state index in [1.54, 1.807) is 12.1 Å². The Bertz CT molecular complexity index is 388. The zero-order chi connectivity index (χ0) is 10.9.